The van der Waals surface area contributed by atoms with E-state index in [1.165, 1.54) is 0 Å². The van der Waals surface area contributed by atoms with E-state index in [4.69, 9.17) is 11.6 Å². The first-order chi connectivity index (χ1) is 7.90. The molecule has 3 nitrogen and oxygen atoms in total. The Balaban J connectivity index is 2.29. The number of rotatable bonds is 1. The largest absolute Gasteiger partial charge is 0.274 e. The fraction of sp³-hybridized carbons (Fsp3) is 0.385. The van der Waals surface area contributed by atoms with Crippen LogP contribution < -0.4 is 0 Å². The van der Waals surface area contributed by atoms with Gasteiger partial charge in [-0.05, 0) is 45.0 Å². The summed E-state index contributed by atoms with van der Waals surface area (Å²) in [6.07, 6.45) is 0.812. The van der Waals surface area contributed by atoms with Crippen LogP contribution in [0, 0.1) is 0 Å². The molecule has 1 aliphatic heterocycles. The molecule has 0 bridgehead atoms. The highest BCUT2D eigenvalue weighted by Gasteiger charge is 2.36. The lowest BCUT2D eigenvalue weighted by molar-refractivity contribution is 0.0612. The molecule has 1 aromatic rings. The number of benzene rings is 1. The summed E-state index contributed by atoms with van der Waals surface area (Å²) in [5.74, 6) is -0.0801. The van der Waals surface area contributed by atoms with Gasteiger partial charge in [-0.25, -0.2) is 5.01 Å². The van der Waals surface area contributed by atoms with Gasteiger partial charge in [0.25, 0.3) is 5.91 Å². The average Bonchev–Trinajstić information content (AvgIpc) is 2.52. The second-order valence-corrected chi connectivity index (χ2v) is 5.38. The lowest BCUT2D eigenvalue weighted by atomic mass is 9.98. The smallest absolute Gasteiger partial charge is 0.267 e. The highest BCUT2D eigenvalue weighted by atomic mass is 35.5. The van der Waals surface area contributed by atoms with Gasteiger partial charge in [0.1, 0.15) is 0 Å². The van der Waals surface area contributed by atoms with Gasteiger partial charge in [0.15, 0.2) is 0 Å². The van der Waals surface area contributed by atoms with Crippen molar-refractivity contribution in [3.63, 3.8) is 0 Å². The lowest BCUT2D eigenvalue weighted by Gasteiger charge is -2.28. The molecule has 0 fully saturated rings. The van der Waals surface area contributed by atoms with Crippen molar-refractivity contribution in [2.24, 2.45) is 5.10 Å². The molecule has 0 aromatic heterocycles. The normalized spacial score (nSPS) is 18.1. The average molecular weight is 251 g/mol. The van der Waals surface area contributed by atoms with Gasteiger partial charge in [0.05, 0.1) is 5.54 Å². The van der Waals surface area contributed by atoms with Crippen LogP contribution >= 0.6 is 11.6 Å². The summed E-state index contributed by atoms with van der Waals surface area (Å²) in [4.78, 5) is 12.3. The Bertz CT molecular complexity index is 477. The second-order valence-electron chi connectivity index (χ2n) is 4.95. The van der Waals surface area contributed by atoms with E-state index in [0.717, 1.165) is 12.1 Å². The minimum absolute atomic E-state index is 0.0801. The van der Waals surface area contributed by atoms with Crippen LogP contribution in [0.3, 0.4) is 0 Å². The Kier molecular flexibility index (Phi) is 2.96. The van der Waals surface area contributed by atoms with Crippen molar-refractivity contribution >= 4 is 23.2 Å². The van der Waals surface area contributed by atoms with Gasteiger partial charge in [-0.2, -0.15) is 5.10 Å². The van der Waals surface area contributed by atoms with E-state index < -0.39 is 0 Å². The summed E-state index contributed by atoms with van der Waals surface area (Å²) >= 11 is 5.80. The van der Waals surface area contributed by atoms with Gasteiger partial charge in [-0.15, -0.1) is 0 Å². The standard InChI is InChI=1S/C13H15ClN2O/c1-9-8-13(2,3)16(15-9)12(17)10-4-6-11(14)7-5-10/h4-7H,8H2,1-3H3. The highest BCUT2D eigenvalue weighted by Crippen LogP contribution is 2.28. The molecular weight excluding hydrogens is 236 g/mol. The van der Waals surface area contributed by atoms with Crippen LogP contribution in [0.15, 0.2) is 29.4 Å². The third-order valence-electron chi connectivity index (χ3n) is 2.82. The van der Waals surface area contributed by atoms with E-state index in [1.54, 1.807) is 29.3 Å². The molecular formula is C13H15ClN2O. The molecule has 0 saturated heterocycles. The quantitative estimate of drug-likeness (QED) is 0.752. The summed E-state index contributed by atoms with van der Waals surface area (Å²) in [5.41, 5.74) is 1.35. The zero-order chi connectivity index (χ0) is 12.6. The third kappa shape index (κ3) is 2.34. The first kappa shape index (κ1) is 12.1. The summed E-state index contributed by atoms with van der Waals surface area (Å²) in [5, 5.41) is 6.50. The van der Waals surface area contributed by atoms with Crippen LogP contribution in [-0.4, -0.2) is 22.2 Å². The number of carbonyl (C=O) groups is 1. The SMILES string of the molecule is CC1=NN(C(=O)c2ccc(Cl)cc2)C(C)(C)C1. The Labute approximate surface area is 106 Å². The Hall–Kier alpha value is -1.35. The highest BCUT2D eigenvalue weighted by molar-refractivity contribution is 6.30. The molecule has 0 N–H and O–H groups in total. The molecule has 1 heterocycles. The molecule has 0 radical (unpaired) electrons. The van der Waals surface area contributed by atoms with Crippen molar-refractivity contribution < 1.29 is 4.79 Å². The minimum Gasteiger partial charge on any atom is -0.267 e. The number of nitrogens with zero attached hydrogens (tertiary/aromatic N) is 2. The molecule has 0 atom stereocenters. The number of hydrazone groups is 1. The van der Waals surface area contributed by atoms with Crippen LogP contribution in [0.25, 0.3) is 0 Å². The van der Waals surface area contributed by atoms with E-state index in [-0.39, 0.29) is 11.4 Å². The molecule has 1 aromatic carbocycles. The predicted octanol–water partition coefficient (Wildman–Crippen LogP) is 3.34. The van der Waals surface area contributed by atoms with E-state index in [0.29, 0.717) is 10.6 Å². The Morgan fingerprint density at radius 1 is 1.35 bits per heavy atom. The van der Waals surface area contributed by atoms with Gasteiger partial charge in [-0.1, -0.05) is 11.6 Å². The van der Waals surface area contributed by atoms with E-state index in [1.807, 2.05) is 20.8 Å². The first-order valence-corrected chi connectivity index (χ1v) is 5.92. The maximum absolute atomic E-state index is 12.3. The maximum Gasteiger partial charge on any atom is 0.274 e. The summed E-state index contributed by atoms with van der Waals surface area (Å²) < 4.78 is 0. The second kappa shape index (κ2) is 4.15. The molecule has 1 aliphatic rings. The molecule has 2 rings (SSSR count). The Morgan fingerprint density at radius 3 is 2.41 bits per heavy atom. The number of carbonyl (C=O) groups excluding carboxylic acids is 1. The number of halogens is 1. The van der Waals surface area contributed by atoms with Crippen LogP contribution in [-0.2, 0) is 0 Å². The molecule has 90 valence electrons. The Morgan fingerprint density at radius 2 is 1.94 bits per heavy atom. The van der Waals surface area contributed by atoms with Crippen LogP contribution in [0.2, 0.25) is 5.02 Å². The molecule has 0 aliphatic carbocycles. The fourth-order valence-corrected chi connectivity index (χ4v) is 2.20. The van der Waals surface area contributed by atoms with E-state index in [9.17, 15) is 4.79 Å². The van der Waals surface area contributed by atoms with Crippen molar-refractivity contribution in [1.82, 2.24) is 5.01 Å². The number of hydrogen-bond donors (Lipinski definition) is 0. The van der Waals surface area contributed by atoms with Crippen molar-refractivity contribution in [2.75, 3.05) is 0 Å². The minimum atomic E-state index is -0.249. The van der Waals surface area contributed by atoms with Crippen LogP contribution in [0.4, 0.5) is 0 Å². The zero-order valence-corrected chi connectivity index (χ0v) is 11.0. The van der Waals surface area contributed by atoms with E-state index >= 15 is 0 Å². The van der Waals surface area contributed by atoms with Gasteiger partial charge < -0.3 is 0 Å². The summed E-state index contributed by atoms with van der Waals surface area (Å²) in [6.45, 7) is 5.97. The van der Waals surface area contributed by atoms with Crippen molar-refractivity contribution in [3.8, 4) is 0 Å². The molecule has 1 amide bonds. The molecule has 0 unspecified atom stereocenters. The van der Waals surface area contributed by atoms with Crippen LogP contribution in [0.5, 0.6) is 0 Å². The molecule has 0 spiro atoms. The topological polar surface area (TPSA) is 32.7 Å². The summed E-state index contributed by atoms with van der Waals surface area (Å²) in [7, 11) is 0. The molecule has 0 saturated carbocycles. The third-order valence-corrected chi connectivity index (χ3v) is 3.07. The first-order valence-electron chi connectivity index (χ1n) is 5.54. The maximum atomic E-state index is 12.3. The van der Waals surface area contributed by atoms with Crippen molar-refractivity contribution in [2.45, 2.75) is 32.7 Å². The monoisotopic (exact) mass is 250 g/mol. The number of hydrogen-bond acceptors (Lipinski definition) is 2. The van der Waals surface area contributed by atoms with Crippen molar-refractivity contribution in [1.29, 1.82) is 0 Å². The van der Waals surface area contributed by atoms with Crippen molar-refractivity contribution in [3.05, 3.63) is 34.9 Å². The molecule has 17 heavy (non-hydrogen) atoms. The molecule has 4 heteroatoms. The van der Waals surface area contributed by atoms with E-state index in [2.05, 4.69) is 5.10 Å². The van der Waals surface area contributed by atoms with Gasteiger partial charge >= 0.3 is 0 Å². The summed E-state index contributed by atoms with van der Waals surface area (Å²) in [6, 6.07) is 6.89. The zero-order valence-electron chi connectivity index (χ0n) is 10.2. The van der Waals surface area contributed by atoms with Gasteiger partial charge in [-0.3, -0.25) is 4.79 Å². The fourth-order valence-electron chi connectivity index (χ4n) is 2.08. The van der Waals surface area contributed by atoms with Gasteiger partial charge in [0, 0.05) is 22.7 Å². The lowest BCUT2D eigenvalue weighted by Crippen LogP contribution is -2.40. The number of amides is 1. The predicted molar refractivity (Wildman–Crippen MR) is 69.4 cm³/mol. The van der Waals surface area contributed by atoms with Crippen LogP contribution in [0.1, 0.15) is 37.6 Å². The van der Waals surface area contributed by atoms with Gasteiger partial charge in [0.2, 0.25) is 0 Å².